The van der Waals surface area contributed by atoms with Gasteiger partial charge in [0.05, 0.1) is 28.4 Å². The molecule has 3 aromatic rings. The van der Waals surface area contributed by atoms with E-state index in [1.807, 2.05) is 12.1 Å². The first-order valence-electron chi connectivity index (χ1n) is 8.40. The summed E-state index contributed by atoms with van der Waals surface area (Å²) < 4.78 is 27.8. The van der Waals surface area contributed by atoms with Crippen LogP contribution in [0.25, 0.3) is 11.1 Å². The third-order valence-corrected chi connectivity index (χ3v) is 7.54. The van der Waals surface area contributed by atoms with E-state index >= 15 is 0 Å². The van der Waals surface area contributed by atoms with Crippen molar-refractivity contribution in [2.24, 2.45) is 0 Å². The molecule has 0 fully saturated rings. The number of aromatic nitrogens is 1. The van der Waals surface area contributed by atoms with E-state index in [0.717, 1.165) is 16.0 Å². The van der Waals surface area contributed by atoms with Crippen LogP contribution >= 0.6 is 23.4 Å². The zero-order valence-electron chi connectivity index (χ0n) is 14.5. The maximum absolute atomic E-state index is 13.2. The standard InChI is InChI=1S/C20H14ClN3O2S2/c21-16-2-1-3-17(10-16)28(25,26)24-8-9-27-20-18(12-23-13-19(20)24)15-6-4-14(11-22)5-7-15/h1-7,10,12-13H,8-9H2. The monoisotopic (exact) mass is 427 g/mol. The van der Waals surface area contributed by atoms with Crippen LogP contribution in [0.4, 0.5) is 5.69 Å². The second-order valence-electron chi connectivity index (χ2n) is 6.11. The lowest BCUT2D eigenvalue weighted by molar-refractivity contribution is 0.591. The van der Waals surface area contributed by atoms with Crippen molar-refractivity contribution in [2.75, 3.05) is 16.6 Å². The Morgan fingerprint density at radius 3 is 2.64 bits per heavy atom. The quantitative estimate of drug-likeness (QED) is 0.611. The van der Waals surface area contributed by atoms with E-state index in [9.17, 15) is 8.42 Å². The zero-order chi connectivity index (χ0) is 19.7. The number of hydrogen-bond donors (Lipinski definition) is 0. The summed E-state index contributed by atoms with van der Waals surface area (Å²) in [7, 11) is -3.76. The number of benzene rings is 2. The zero-order valence-corrected chi connectivity index (χ0v) is 16.9. The third-order valence-electron chi connectivity index (χ3n) is 4.40. The SMILES string of the molecule is N#Cc1ccc(-c2cncc3c2SCCN3S(=O)(=O)c2cccc(Cl)c2)cc1. The number of thioether (sulfide) groups is 1. The third kappa shape index (κ3) is 3.35. The summed E-state index contributed by atoms with van der Waals surface area (Å²) in [4.78, 5) is 5.29. The van der Waals surface area contributed by atoms with E-state index in [1.54, 1.807) is 54.5 Å². The first-order chi connectivity index (χ1) is 13.5. The molecule has 8 heteroatoms. The van der Waals surface area contributed by atoms with Crippen molar-refractivity contribution in [3.63, 3.8) is 0 Å². The molecule has 0 spiro atoms. The van der Waals surface area contributed by atoms with Crippen molar-refractivity contribution in [2.45, 2.75) is 9.79 Å². The van der Waals surface area contributed by atoms with Crippen LogP contribution in [0.15, 0.2) is 70.7 Å². The lowest BCUT2D eigenvalue weighted by Crippen LogP contribution is -2.35. The van der Waals surface area contributed by atoms with E-state index in [1.165, 1.54) is 10.4 Å². The van der Waals surface area contributed by atoms with Gasteiger partial charge in [0.25, 0.3) is 10.0 Å². The maximum Gasteiger partial charge on any atom is 0.264 e. The molecule has 2 heterocycles. The predicted octanol–water partition coefficient (Wildman–Crippen LogP) is 4.57. The molecule has 1 aliphatic rings. The van der Waals surface area contributed by atoms with Gasteiger partial charge in [0.1, 0.15) is 0 Å². The molecule has 1 aliphatic heterocycles. The van der Waals surface area contributed by atoms with Crippen LogP contribution < -0.4 is 4.31 Å². The smallest absolute Gasteiger partial charge is 0.263 e. The van der Waals surface area contributed by atoms with Gasteiger partial charge in [-0.3, -0.25) is 9.29 Å². The number of fused-ring (bicyclic) bond motifs is 1. The van der Waals surface area contributed by atoms with Crippen molar-refractivity contribution in [1.82, 2.24) is 4.98 Å². The van der Waals surface area contributed by atoms with Gasteiger partial charge >= 0.3 is 0 Å². The number of pyridine rings is 1. The number of sulfonamides is 1. The molecule has 5 nitrogen and oxygen atoms in total. The second kappa shape index (κ2) is 7.47. The highest BCUT2D eigenvalue weighted by Gasteiger charge is 2.31. The summed E-state index contributed by atoms with van der Waals surface area (Å²) in [6, 6.07) is 15.5. The van der Waals surface area contributed by atoms with Crippen molar-refractivity contribution >= 4 is 39.1 Å². The Labute approximate surface area is 172 Å². The molecule has 0 radical (unpaired) electrons. The molecule has 1 aromatic heterocycles. The molecule has 0 aliphatic carbocycles. The van der Waals surface area contributed by atoms with Crippen LogP contribution in [0.3, 0.4) is 0 Å². The number of nitriles is 1. The molecule has 140 valence electrons. The molecular weight excluding hydrogens is 414 g/mol. The van der Waals surface area contributed by atoms with Crippen LogP contribution in [-0.4, -0.2) is 25.7 Å². The van der Waals surface area contributed by atoms with Gasteiger partial charge in [-0.2, -0.15) is 5.26 Å². The van der Waals surface area contributed by atoms with Crippen molar-refractivity contribution in [3.05, 3.63) is 71.5 Å². The minimum Gasteiger partial charge on any atom is -0.263 e. The fourth-order valence-electron chi connectivity index (χ4n) is 3.05. The van der Waals surface area contributed by atoms with Crippen LogP contribution in [0, 0.1) is 11.3 Å². The van der Waals surface area contributed by atoms with E-state index < -0.39 is 10.0 Å². The van der Waals surface area contributed by atoms with Crippen LogP contribution in [0.1, 0.15) is 5.56 Å². The molecule has 0 amide bonds. The van der Waals surface area contributed by atoms with Gasteiger partial charge in [0.15, 0.2) is 0 Å². The van der Waals surface area contributed by atoms with Gasteiger partial charge < -0.3 is 0 Å². The van der Waals surface area contributed by atoms with Gasteiger partial charge in [-0.05, 0) is 35.9 Å². The first-order valence-corrected chi connectivity index (χ1v) is 11.2. The molecule has 4 rings (SSSR count). The Morgan fingerprint density at radius 1 is 1.14 bits per heavy atom. The number of nitrogens with zero attached hydrogens (tertiary/aromatic N) is 3. The Balaban J connectivity index is 1.81. The van der Waals surface area contributed by atoms with E-state index in [4.69, 9.17) is 16.9 Å². The Morgan fingerprint density at radius 2 is 1.93 bits per heavy atom. The van der Waals surface area contributed by atoms with Gasteiger partial charge in [-0.1, -0.05) is 29.8 Å². The minimum absolute atomic E-state index is 0.154. The highest BCUT2D eigenvalue weighted by atomic mass is 35.5. The molecule has 0 bridgehead atoms. The van der Waals surface area contributed by atoms with Gasteiger partial charge in [-0.15, -0.1) is 11.8 Å². The lowest BCUT2D eigenvalue weighted by atomic mass is 10.1. The fraction of sp³-hybridized carbons (Fsp3) is 0.100. The van der Waals surface area contributed by atoms with Gasteiger partial charge in [-0.25, -0.2) is 8.42 Å². The van der Waals surface area contributed by atoms with E-state index in [0.29, 0.717) is 28.6 Å². The normalized spacial score (nSPS) is 13.6. The molecule has 0 N–H and O–H groups in total. The van der Waals surface area contributed by atoms with Crippen molar-refractivity contribution < 1.29 is 8.42 Å². The average Bonchev–Trinajstić information content (AvgIpc) is 2.73. The molecule has 0 saturated heterocycles. The molecule has 0 unspecified atom stereocenters. The average molecular weight is 428 g/mol. The molecular formula is C20H14ClN3O2S2. The Bertz CT molecular complexity index is 1190. The summed E-state index contributed by atoms with van der Waals surface area (Å²) >= 11 is 7.60. The largest absolute Gasteiger partial charge is 0.264 e. The highest BCUT2D eigenvalue weighted by molar-refractivity contribution is 8.00. The highest BCUT2D eigenvalue weighted by Crippen LogP contribution is 2.43. The summed E-state index contributed by atoms with van der Waals surface area (Å²) in [5.74, 6) is 0.625. The summed E-state index contributed by atoms with van der Waals surface area (Å²) in [6.07, 6.45) is 3.31. The fourth-order valence-corrected chi connectivity index (χ4v) is 6.11. The Hall–Kier alpha value is -2.53. The molecule has 0 saturated carbocycles. The van der Waals surface area contributed by atoms with Crippen LogP contribution in [0.5, 0.6) is 0 Å². The maximum atomic E-state index is 13.2. The first kappa shape index (κ1) is 18.8. The van der Waals surface area contributed by atoms with Crippen LogP contribution in [-0.2, 0) is 10.0 Å². The van der Waals surface area contributed by atoms with E-state index in [-0.39, 0.29) is 4.90 Å². The molecule has 0 atom stereocenters. The molecule has 28 heavy (non-hydrogen) atoms. The summed E-state index contributed by atoms with van der Waals surface area (Å²) in [6.45, 7) is 0.352. The second-order valence-corrected chi connectivity index (χ2v) is 9.51. The van der Waals surface area contributed by atoms with Crippen LogP contribution in [0.2, 0.25) is 5.02 Å². The lowest BCUT2D eigenvalue weighted by Gasteiger charge is -2.31. The van der Waals surface area contributed by atoms with Crippen molar-refractivity contribution in [1.29, 1.82) is 5.26 Å². The number of rotatable bonds is 3. The minimum atomic E-state index is -3.76. The topological polar surface area (TPSA) is 74.1 Å². The van der Waals surface area contributed by atoms with Crippen molar-refractivity contribution in [3.8, 4) is 17.2 Å². The Kier molecular flexibility index (Phi) is 5.02. The molecule has 2 aromatic carbocycles. The van der Waals surface area contributed by atoms with E-state index in [2.05, 4.69) is 11.1 Å². The summed E-state index contributed by atoms with van der Waals surface area (Å²) in [5, 5.41) is 9.37. The number of anilines is 1. The van der Waals surface area contributed by atoms with Gasteiger partial charge in [0.2, 0.25) is 0 Å². The number of hydrogen-bond acceptors (Lipinski definition) is 5. The van der Waals surface area contributed by atoms with Gasteiger partial charge in [0, 0.05) is 34.0 Å². The number of halogens is 1. The predicted molar refractivity (Wildman–Crippen MR) is 111 cm³/mol. The summed E-state index contributed by atoms with van der Waals surface area (Å²) in [5.41, 5.74) is 2.85.